The van der Waals surface area contributed by atoms with Gasteiger partial charge in [-0.3, -0.25) is 9.59 Å². The van der Waals surface area contributed by atoms with Crippen LogP contribution in [-0.2, 0) is 4.79 Å². The molecule has 2 rings (SSSR count). The second-order valence-electron chi connectivity index (χ2n) is 5.52. The highest BCUT2D eigenvalue weighted by atomic mass is 16.5. The van der Waals surface area contributed by atoms with Crippen molar-refractivity contribution in [3.05, 3.63) is 17.0 Å². The Morgan fingerprint density at radius 1 is 1.30 bits per heavy atom. The van der Waals surface area contributed by atoms with Crippen LogP contribution in [0, 0.1) is 19.8 Å². The van der Waals surface area contributed by atoms with Gasteiger partial charge in [-0.05, 0) is 40.5 Å². The summed E-state index contributed by atoms with van der Waals surface area (Å²) >= 11 is 0. The maximum atomic E-state index is 12.7. The molecule has 1 aromatic rings. The molecular weight excluding hydrogens is 260 g/mol. The smallest absolute Gasteiger partial charge is 0.308 e. The van der Waals surface area contributed by atoms with E-state index in [2.05, 4.69) is 5.16 Å². The number of hydrogen-bond acceptors (Lipinski definition) is 4. The number of amides is 1. The number of carboxylic acids is 1. The molecule has 0 aromatic carbocycles. The van der Waals surface area contributed by atoms with Gasteiger partial charge in [0.1, 0.15) is 11.3 Å². The second-order valence-corrected chi connectivity index (χ2v) is 5.52. The maximum Gasteiger partial charge on any atom is 0.308 e. The van der Waals surface area contributed by atoms with Gasteiger partial charge in [0.15, 0.2) is 0 Å². The maximum absolute atomic E-state index is 12.7. The quantitative estimate of drug-likeness (QED) is 0.895. The van der Waals surface area contributed by atoms with Crippen molar-refractivity contribution in [2.45, 2.75) is 52.6 Å². The van der Waals surface area contributed by atoms with Crippen molar-refractivity contribution in [1.29, 1.82) is 0 Å². The highest BCUT2D eigenvalue weighted by Gasteiger charge is 2.40. The van der Waals surface area contributed by atoms with Crippen LogP contribution in [0.1, 0.15) is 48.5 Å². The van der Waals surface area contributed by atoms with Gasteiger partial charge in [-0.15, -0.1) is 0 Å². The van der Waals surface area contributed by atoms with Crippen LogP contribution in [0.5, 0.6) is 0 Å². The molecule has 0 spiro atoms. The summed E-state index contributed by atoms with van der Waals surface area (Å²) in [6.07, 6.45) is 1.29. The normalized spacial score (nSPS) is 26.6. The zero-order valence-electron chi connectivity index (χ0n) is 12.2. The molecule has 1 N–H and O–H groups in total. The molecule has 1 aliphatic heterocycles. The molecule has 110 valence electrons. The SMILES string of the molecule is Cc1noc(C)c1C(=O)N1C(C)CCC(C(=O)O)C1C. The zero-order chi connectivity index (χ0) is 15.0. The number of likely N-dealkylation sites (tertiary alicyclic amines) is 1. The van der Waals surface area contributed by atoms with E-state index in [-0.39, 0.29) is 18.0 Å². The first-order chi connectivity index (χ1) is 9.34. The number of aliphatic carboxylic acids is 1. The lowest BCUT2D eigenvalue weighted by Gasteiger charge is -2.42. The van der Waals surface area contributed by atoms with E-state index in [1.54, 1.807) is 25.7 Å². The van der Waals surface area contributed by atoms with Crippen LogP contribution in [0.15, 0.2) is 4.52 Å². The molecule has 3 atom stereocenters. The Morgan fingerprint density at radius 3 is 2.45 bits per heavy atom. The van der Waals surface area contributed by atoms with E-state index in [0.717, 1.165) is 0 Å². The number of carbonyl (C=O) groups is 2. The van der Waals surface area contributed by atoms with Crippen molar-refractivity contribution < 1.29 is 19.2 Å². The second kappa shape index (κ2) is 5.26. The van der Waals surface area contributed by atoms with Crippen LogP contribution >= 0.6 is 0 Å². The first-order valence-corrected chi connectivity index (χ1v) is 6.83. The Kier molecular flexibility index (Phi) is 3.83. The molecule has 2 heterocycles. The average Bonchev–Trinajstić information content (AvgIpc) is 2.68. The molecule has 0 saturated carbocycles. The van der Waals surface area contributed by atoms with Crippen molar-refractivity contribution in [1.82, 2.24) is 10.1 Å². The highest BCUT2D eigenvalue weighted by molar-refractivity contribution is 5.96. The molecule has 1 saturated heterocycles. The molecule has 6 nitrogen and oxygen atoms in total. The van der Waals surface area contributed by atoms with E-state index < -0.39 is 11.9 Å². The fourth-order valence-electron chi connectivity index (χ4n) is 3.03. The largest absolute Gasteiger partial charge is 0.481 e. The summed E-state index contributed by atoms with van der Waals surface area (Å²) in [7, 11) is 0. The van der Waals surface area contributed by atoms with Gasteiger partial charge in [0.2, 0.25) is 0 Å². The molecular formula is C14H20N2O4. The zero-order valence-corrected chi connectivity index (χ0v) is 12.2. The predicted octanol–water partition coefficient (Wildman–Crippen LogP) is 2.01. The van der Waals surface area contributed by atoms with Gasteiger partial charge in [-0.1, -0.05) is 5.16 Å². The molecule has 20 heavy (non-hydrogen) atoms. The summed E-state index contributed by atoms with van der Waals surface area (Å²) in [5, 5.41) is 13.1. The standard InChI is InChI=1S/C14H20N2O4/c1-7-5-6-11(14(18)19)9(3)16(7)13(17)12-8(2)15-20-10(12)4/h7,9,11H,5-6H2,1-4H3,(H,18,19). The summed E-state index contributed by atoms with van der Waals surface area (Å²) in [4.78, 5) is 25.7. The molecule has 3 unspecified atom stereocenters. The first kappa shape index (κ1) is 14.6. The van der Waals surface area contributed by atoms with Crippen molar-refractivity contribution in [2.75, 3.05) is 0 Å². The number of hydrogen-bond donors (Lipinski definition) is 1. The predicted molar refractivity (Wildman–Crippen MR) is 71.4 cm³/mol. The van der Waals surface area contributed by atoms with Crippen LogP contribution < -0.4 is 0 Å². The highest BCUT2D eigenvalue weighted by Crippen LogP contribution is 2.30. The van der Waals surface area contributed by atoms with E-state index in [1.165, 1.54) is 0 Å². The monoisotopic (exact) mass is 280 g/mol. The number of aryl methyl sites for hydroxylation is 2. The first-order valence-electron chi connectivity index (χ1n) is 6.83. The van der Waals surface area contributed by atoms with Gasteiger partial charge in [0.05, 0.1) is 11.6 Å². The number of carboxylic acid groups (broad SMARTS) is 1. The Bertz CT molecular complexity index is 518. The van der Waals surface area contributed by atoms with Crippen LogP contribution in [0.4, 0.5) is 0 Å². The van der Waals surface area contributed by atoms with Gasteiger partial charge < -0.3 is 14.5 Å². The molecule has 1 aromatic heterocycles. The van der Waals surface area contributed by atoms with E-state index in [4.69, 9.17) is 4.52 Å². The van der Waals surface area contributed by atoms with Crippen LogP contribution in [0.25, 0.3) is 0 Å². The van der Waals surface area contributed by atoms with Crippen LogP contribution in [0.3, 0.4) is 0 Å². The van der Waals surface area contributed by atoms with E-state index in [1.807, 2.05) is 6.92 Å². The Hall–Kier alpha value is -1.85. The molecule has 1 amide bonds. The van der Waals surface area contributed by atoms with Gasteiger partial charge >= 0.3 is 5.97 Å². The third-order valence-corrected chi connectivity index (χ3v) is 4.19. The fraction of sp³-hybridized carbons (Fsp3) is 0.643. The van der Waals surface area contributed by atoms with E-state index >= 15 is 0 Å². The number of aromatic nitrogens is 1. The number of nitrogens with zero attached hydrogens (tertiary/aromatic N) is 2. The molecule has 6 heteroatoms. The lowest BCUT2D eigenvalue weighted by molar-refractivity contribution is -0.145. The van der Waals surface area contributed by atoms with Gasteiger partial charge in [-0.25, -0.2) is 0 Å². The number of rotatable bonds is 2. The van der Waals surface area contributed by atoms with Crippen molar-refractivity contribution in [2.24, 2.45) is 5.92 Å². The lowest BCUT2D eigenvalue weighted by Crippen LogP contribution is -2.53. The molecule has 0 bridgehead atoms. The molecule has 1 fully saturated rings. The molecule has 0 radical (unpaired) electrons. The van der Waals surface area contributed by atoms with Gasteiger partial charge in [0, 0.05) is 12.1 Å². The van der Waals surface area contributed by atoms with E-state index in [0.29, 0.717) is 29.9 Å². The fourth-order valence-corrected chi connectivity index (χ4v) is 3.03. The minimum atomic E-state index is -0.846. The average molecular weight is 280 g/mol. The third kappa shape index (κ3) is 2.30. The minimum Gasteiger partial charge on any atom is -0.481 e. The molecule has 1 aliphatic rings. The minimum absolute atomic E-state index is 0.0156. The molecule has 0 aliphatic carbocycles. The van der Waals surface area contributed by atoms with Crippen molar-refractivity contribution >= 4 is 11.9 Å². The van der Waals surface area contributed by atoms with Crippen molar-refractivity contribution in [3.8, 4) is 0 Å². The number of piperidine rings is 1. The topological polar surface area (TPSA) is 83.6 Å². The van der Waals surface area contributed by atoms with Gasteiger partial charge in [0.25, 0.3) is 5.91 Å². The Labute approximate surface area is 117 Å². The van der Waals surface area contributed by atoms with Gasteiger partial charge in [-0.2, -0.15) is 0 Å². The summed E-state index contributed by atoms with van der Waals surface area (Å²) in [5.74, 6) is -1.08. The Morgan fingerprint density at radius 2 is 1.95 bits per heavy atom. The summed E-state index contributed by atoms with van der Waals surface area (Å²) in [6.45, 7) is 7.16. The summed E-state index contributed by atoms with van der Waals surface area (Å²) < 4.78 is 5.04. The third-order valence-electron chi connectivity index (χ3n) is 4.19. The van der Waals surface area contributed by atoms with Crippen LogP contribution in [-0.4, -0.2) is 39.1 Å². The van der Waals surface area contributed by atoms with E-state index in [9.17, 15) is 14.7 Å². The summed E-state index contributed by atoms with van der Waals surface area (Å²) in [6, 6.07) is -0.320. The van der Waals surface area contributed by atoms with Crippen LogP contribution in [0.2, 0.25) is 0 Å². The Balaban J connectivity index is 2.34. The lowest BCUT2D eigenvalue weighted by atomic mass is 9.86. The van der Waals surface area contributed by atoms with Crippen molar-refractivity contribution in [3.63, 3.8) is 0 Å². The number of carbonyl (C=O) groups excluding carboxylic acids is 1. The summed E-state index contributed by atoms with van der Waals surface area (Å²) in [5.41, 5.74) is 0.999.